The molecule has 1 aromatic rings. The number of esters is 1. The highest BCUT2D eigenvalue weighted by Gasteiger charge is 2.35. The van der Waals surface area contributed by atoms with Crippen LogP contribution in [0.1, 0.15) is 11.3 Å². The predicted octanol–water partition coefficient (Wildman–Crippen LogP) is 0.950. The van der Waals surface area contributed by atoms with Gasteiger partial charge >= 0.3 is 5.97 Å². The molecule has 1 aliphatic rings. The Morgan fingerprint density at radius 2 is 2.27 bits per heavy atom. The smallest absolute Gasteiger partial charge is 0.325 e. The monoisotopic (exact) mass is 343 g/mol. The summed E-state index contributed by atoms with van der Waals surface area (Å²) in [5.74, 6) is -1.03. The average Bonchev–Trinajstić information content (AvgIpc) is 3.11. The fraction of sp³-hybridized carbons (Fsp3) is 0.429. The van der Waals surface area contributed by atoms with Crippen molar-refractivity contribution in [2.45, 2.75) is 12.5 Å². The molecule has 8 heteroatoms. The molecule has 1 aromatic heterocycles. The van der Waals surface area contributed by atoms with Crippen LogP contribution in [0, 0.1) is 0 Å². The van der Waals surface area contributed by atoms with Gasteiger partial charge in [-0.05, 0) is 23.9 Å². The number of thiophene rings is 1. The Kier molecular flexibility index (Phi) is 5.36. The van der Waals surface area contributed by atoms with Crippen LogP contribution in [0.3, 0.4) is 0 Å². The van der Waals surface area contributed by atoms with E-state index >= 15 is 0 Å². The van der Waals surface area contributed by atoms with Crippen molar-refractivity contribution < 1.29 is 22.7 Å². The van der Waals surface area contributed by atoms with Crippen LogP contribution >= 0.6 is 11.3 Å². The highest BCUT2D eigenvalue weighted by molar-refractivity contribution is 7.91. The molecule has 0 radical (unpaired) electrons. The lowest BCUT2D eigenvalue weighted by molar-refractivity contribution is -0.146. The molecule has 1 saturated heterocycles. The van der Waals surface area contributed by atoms with Gasteiger partial charge in [0.05, 0.1) is 18.6 Å². The lowest BCUT2D eigenvalue weighted by atomic mass is 10.2. The second kappa shape index (κ2) is 7.06. The number of nitrogens with zero attached hydrogens (tertiary/aromatic N) is 1. The van der Waals surface area contributed by atoms with Gasteiger partial charge in [-0.2, -0.15) is 0 Å². The minimum absolute atomic E-state index is 0.0389. The van der Waals surface area contributed by atoms with Gasteiger partial charge in [0, 0.05) is 17.0 Å². The topological polar surface area (TPSA) is 80.8 Å². The average molecular weight is 343 g/mol. The van der Waals surface area contributed by atoms with Gasteiger partial charge in [-0.25, -0.2) is 8.42 Å². The summed E-state index contributed by atoms with van der Waals surface area (Å²) in [7, 11) is -1.91. The van der Waals surface area contributed by atoms with Crippen molar-refractivity contribution in [3.8, 4) is 0 Å². The summed E-state index contributed by atoms with van der Waals surface area (Å²) in [6.45, 7) is -0.246. The van der Waals surface area contributed by atoms with E-state index in [-0.39, 0.29) is 24.0 Å². The van der Waals surface area contributed by atoms with E-state index in [4.69, 9.17) is 0 Å². The number of carbonyl (C=O) groups is 2. The summed E-state index contributed by atoms with van der Waals surface area (Å²) in [6, 6.07) is 3.24. The minimum Gasteiger partial charge on any atom is -0.468 e. The Bertz CT molecular complexity index is 663. The van der Waals surface area contributed by atoms with Gasteiger partial charge in [0.1, 0.15) is 6.54 Å². The Balaban J connectivity index is 2.13. The summed E-state index contributed by atoms with van der Waals surface area (Å²) < 4.78 is 27.8. The second-order valence-electron chi connectivity index (χ2n) is 4.95. The third-order valence-electron chi connectivity index (χ3n) is 3.39. The molecule has 1 unspecified atom stereocenters. The van der Waals surface area contributed by atoms with Crippen molar-refractivity contribution in [2.24, 2.45) is 0 Å². The van der Waals surface area contributed by atoms with E-state index in [1.807, 2.05) is 17.5 Å². The Hall–Kier alpha value is -1.67. The van der Waals surface area contributed by atoms with E-state index in [1.165, 1.54) is 29.4 Å². The maximum Gasteiger partial charge on any atom is 0.325 e. The molecule has 1 atom stereocenters. The zero-order chi connectivity index (χ0) is 16.2. The Morgan fingerprint density at radius 3 is 2.82 bits per heavy atom. The quantitative estimate of drug-likeness (QED) is 0.587. The first-order chi connectivity index (χ1) is 10.4. The molecular formula is C14H17NO5S2. The summed E-state index contributed by atoms with van der Waals surface area (Å²) in [6.07, 6.45) is 3.36. The van der Waals surface area contributed by atoms with Crippen molar-refractivity contribution >= 4 is 39.1 Å². The number of hydrogen-bond acceptors (Lipinski definition) is 6. The molecule has 0 aliphatic carbocycles. The maximum absolute atomic E-state index is 12.3. The normalized spacial score (nSPS) is 20.1. The SMILES string of the molecule is COC(=O)CN(C(=O)/C=C/c1cccs1)C1CCS(=O)(=O)C1. The summed E-state index contributed by atoms with van der Waals surface area (Å²) in [4.78, 5) is 26.0. The number of ether oxygens (including phenoxy) is 1. The zero-order valence-electron chi connectivity index (χ0n) is 12.1. The summed E-state index contributed by atoms with van der Waals surface area (Å²) in [5.41, 5.74) is 0. The molecule has 2 heterocycles. The Labute approximate surface area is 133 Å². The van der Waals surface area contributed by atoms with Gasteiger partial charge in [-0.1, -0.05) is 6.07 Å². The summed E-state index contributed by atoms with van der Waals surface area (Å²) in [5, 5.41) is 1.89. The third kappa shape index (κ3) is 4.41. The molecule has 0 spiro atoms. The predicted molar refractivity (Wildman–Crippen MR) is 84.1 cm³/mol. The van der Waals surface area contributed by atoms with E-state index in [0.717, 1.165) is 4.88 Å². The molecule has 0 saturated carbocycles. The van der Waals surface area contributed by atoms with Crippen molar-refractivity contribution in [3.05, 3.63) is 28.5 Å². The molecule has 0 bridgehead atoms. The fourth-order valence-electron chi connectivity index (χ4n) is 2.25. The van der Waals surface area contributed by atoms with Crippen LogP contribution in [0.25, 0.3) is 6.08 Å². The van der Waals surface area contributed by atoms with E-state index in [2.05, 4.69) is 4.74 Å². The highest BCUT2D eigenvalue weighted by Crippen LogP contribution is 2.19. The molecule has 0 aromatic carbocycles. The standard InChI is InChI=1S/C14H17NO5S2/c1-20-14(17)9-15(11-6-8-22(18,19)10-11)13(16)5-4-12-3-2-7-21-12/h2-5,7,11H,6,8-10H2,1H3/b5-4+. The first-order valence-corrected chi connectivity index (χ1v) is 9.41. The molecular weight excluding hydrogens is 326 g/mol. The van der Waals surface area contributed by atoms with Crippen LogP contribution in [0.15, 0.2) is 23.6 Å². The largest absolute Gasteiger partial charge is 0.468 e. The van der Waals surface area contributed by atoms with E-state index < -0.39 is 21.8 Å². The molecule has 0 N–H and O–H groups in total. The van der Waals surface area contributed by atoms with Gasteiger partial charge in [0.15, 0.2) is 9.84 Å². The Morgan fingerprint density at radius 1 is 1.50 bits per heavy atom. The van der Waals surface area contributed by atoms with E-state index in [0.29, 0.717) is 6.42 Å². The van der Waals surface area contributed by atoms with Gasteiger partial charge in [-0.3, -0.25) is 9.59 Å². The highest BCUT2D eigenvalue weighted by atomic mass is 32.2. The van der Waals surface area contributed by atoms with Crippen LogP contribution in [-0.4, -0.2) is 56.4 Å². The van der Waals surface area contributed by atoms with Crippen LogP contribution in [0.5, 0.6) is 0 Å². The van der Waals surface area contributed by atoms with E-state index in [9.17, 15) is 18.0 Å². The molecule has 120 valence electrons. The minimum atomic E-state index is -3.14. The molecule has 1 aliphatic heterocycles. The zero-order valence-corrected chi connectivity index (χ0v) is 13.7. The number of methoxy groups -OCH3 is 1. The number of rotatable bonds is 5. The second-order valence-corrected chi connectivity index (χ2v) is 8.16. The first kappa shape index (κ1) is 16.7. The lowest BCUT2D eigenvalue weighted by Crippen LogP contribution is -2.43. The van der Waals surface area contributed by atoms with Gasteiger partial charge in [0.25, 0.3) is 0 Å². The van der Waals surface area contributed by atoms with Gasteiger partial charge in [-0.15, -0.1) is 11.3 Å². The van der Waals surface area contributed by atoms with Crippen LogP contribution in [-0.2, 0) is 24.2 Å². The van der Waals surface area contributed by atoms with Gasteiger partial charge in [0.2, 0.25) is 5.91 Å². The van der Waals surface area contributed by atoms with Crippen molar-refractivity contribution in [1.82, 2.24) is 4.90 Å². The number of sulfone groups is 1. The molecule has 6 nitrogen and oxygen atoms in total. The first-order valence-electron chi connectivity index (χ1n) is 6.71. The van der Waals surface area contributed by atoms with Crippen LogP contribution in [0.2, 0.25) is 0 Å². The summed E-state index contributed by atoms with van der Waals surface area (Å²) >= 11 is 1.48. The van der Waals surface area contributed by atoms with Gasteiger partial charge < -0.3 is 9.64 Å². The van der Waals surface area contributed by atoms with Crippen molar-refractivity contribution in [2.75, 3.05) is 25.2 Å². The lowest BCUT2D eigenvalue weighted by Gasteiger charge is -2.25. The molecule has 22 heavy (non-hydrogen) atoms. The molecule has 1 amide bonds. The number of amides is 1. The molecule has 1 fully saturated rings. The molecule has 2 rings (SSSR count). The fourth-order valence-corrected chi connectivity index (χ4v) is 4.60. The maximum atomic E-state index is 12.3. The van der Waals surface area contributed by atoms with Crippen molar-refractivity contribution in [1.29, 1.82) is 0 Å². The number of carbonyl (C=O) groups excluding carboxylic acids is 2. The van der Waals surface area contributed by atoms with E-state index in [1.54, 1.807) is 6.08 Å². The van der Waals surface area contributed by atoms with Crippen molar-refractivity contribution in [3.63, 3.8) is 0 Å². The number of hydrogen-bond donors (Lipinski definition) is 0. The van der Waals surface area contributed by atoms with Crippen LogP contribution < -0.4 is 0 Å². The van der Waals surface area contributed by atoms with Crippen LogP contribution in [0.4, 0.5) is 0 Å². The third-order valence-corrected chi connectivity index (χ3v) is 5.98.